The highest BCUT2D eigenvalue weighted by atomic mass is 32.1. The molecule has 0 fully saturated rings. The lowest BCUT2D eigenvalue weighted by Gasteiger charge is -2.33. The second-order valence-corrected chi connectivity index (χ2v) is 10.7. The minimum atomic E-state index is -0.603. The van der Waals surface area contributed by atoms with Crippen LogP contribution < -0.4 is 15.4 Å². The molecule has 0 saturated heterocycles. The second kappa shape index (κ2) is 9.58. The van der Waals surface area contributed by atoms with E-state index in [9.17, 15) is 14.0 Å². The molecule has 2 aromatic carbocycles. The number of anilines is 2. The van der Waals surface area contributed by atoms with E-state index in [1.165, 1.54) is 29.5 Å². The van der Waals surface area contributed by atoms with Crippen molar-refractivity contribution in [3.63, 3.8) is 0 Å². The van der Waals surface area contributed by atoms with Crippen LogP contribution in [0.1, 0.15) is 58.3 Å². The molecule has 0 bridgehead atoms. The Hall–Kier alpha value is -3.19. The van der Waals surface area contributed by atoms with E-state index in [0.29, 0.717) is 27.9 Å². The van der Waals surface area contributed by atoms with Crippen LogP contribution >= 0.6 is 11.3 Å². The summed E-state index contributed by atoms with van der Waals surface area (Å²) < 4.78 is 19.6. The number of fused-ring (bicyclic) bond motifs is 1. The fourth-order valence-corrected chi connectivity index (χ4v) is 5.72. The van der Waals surface area contributed by atoms with E-state index in [-0.39, 0.29) is 16.9 Å². The molecule has 1 atom stereocenters. The third-order valence-electron chi connectivity index (χ3n) is 6.42. The van der Waals surface area contributed by atoms with Gasteiger partial charge in [-0.15, -0.1) is 11.3 Å². The monoisotopic (exact) mass is 480 g/mol. The van der Waals surface area contributed by atoms with Gasteiger partial charge in [-0.05, 0) is 60.4 Å². The van der Waals surface area contributed by atoms with Crippen LogP contribution in [0.4, 0.5) is 15.1 Å². The van der Waals surface area contributed by atoms with Crippen molar-refractivity contribution in [1.29, 1.82) is 0 Å². The standard InChI is InChI=1S/C27H29FN2O3S/c1-27(2,3)16-13-14-18-22(15-16)34-26(30-24(31)17-9-5-6-10-19(17)28)23(18)25(32)29-20-11-7-8-12-21(20)33-4/h5-12,16H,13-15H2,1-4H3,(H,29,32)(H,30,31)/t16-/m0/s1. The fourth-order valence-electron chi connectivity index (χ4n) is 4.40. The first-order valence-corrected chi connectivity index (χ1v) is 12.2. The number of carbonyl (C=O) groups is 2. The number of amides is 2. The predicted octanol–water partition coefficient (Wildman–Crippen LogP) is 6.55. The van der Waals surface area contributed by atoms with E-state index in [1.807, 2.05) is 12.1 Å². The Morgan fingerprint density at radius 1 is 1.03 bits per heavy atom. The third kappa shape index (κ3) is 4.85. The summed E-state index contributed by atoms with van der Waals surface area (Å²) in [6.45, 7) is 6.69. The smallest absolute Gasteiger partial charge is 0.259 e. The molecular weight excluding hydrogens is 451 g/mol. The van der Waals surface area contributed by atoms with Crippen LogP contribution in [0.15, 0.2) is 48.5 Å². The van der Waals surface area contributed by atoms with Crippen molar-refractivity contribution in [2.45, 2.75) is 40.0 Å². The Kier molecular flexibility index (Phi) is 6.75. The SMILES string of the molecule is COc1ccccc1NC(=O)c1c(NC(=O)c2ccccc2F)sc2c1CC[C@H](C(C)(C)C)C2. The zero-order valence-corrected chi connectivity index (χ0v) is 20.6. The van der Waals surface area contributed by atoms with Crippen LogP contribution in [0.3, 0.4) is 0 Å². The van der Waals surface area contributed by atoms with Crippen LogP contribution in [0.2, 0.25) is 0 Å². The Labute approximate surface area is 203 Å². The topological polar surface area (TPSA) is 67.4 Å². The number of nitrogens with one attached hydrogen (secondary N) is 2. The normalized spacial score (nSPS) is 15.4. The number of halogens is 1. The fraction of sp³-hybridized carbons (Fsp3) is 0.333. The number of benzene rings is 2. The van der Waals surface area contributed by atoms with Crippen molar-refractivity contribution in [2.75, 3.05) is 17.7 Å². The van der Waals surface area contributed by atoms with Gasteiger partial charge in [-0.2, -0.15) is 0 Å². The first-order valence-electron chi connectivity index (χ1n) is 11.3. The van der Waals surface area contributed by atoms with Gasteiger partial charge in [0.05, 0.1) is 23.9 Å². The van der Waals surface area contributed by atoms with Crippen molar-refractivity contribution in [2.24, 2.45) is 11.3 Å². The molecular formula is C27H29FN2O3S. The Balaban J connectivity index is 1.71. The summed E-state index contributed by atoms with van der Waals surface area (Å²) in [5.74, 6) is -0.479. The number of hydrogen-bond donors (Lipinski definition) is 2. The van der Waals surface area contributed by atoms with E-state index in [0.717, 1.165) is 29.7 Å². The highest BCUT2D eigenvalue weighted by Crippen LogP contribution is 2.44. The maximum Gasteiger partial charge on any atom is 0.259 e. The van der Waals surface area contributed by atoms with Crippen molar-refractivity contribution in [1.82, 2.24) is 0 Å². The lowest BCUT2D eigenvalue weighted by molar-refractivity contribution is 0.102. The quantitative estimate of drug-likeness (QED) is 0.435. The molecule has 34 heavy (non-hydrogen) atoms. The van der Waals surface area contributed by atoms with Gasteiger partial charge in [-0.25, -0.2) is 4.39 Å². The molecule has 1 aromatic heterocycles. The van der Waals surface area contributed by atoms with Gasteiger partial charge >= 0.3 is 0 Å². The van der Waals surface area contributed by atoms with Gasteiger partial charge in [0, 0.05) is 4.88 Å². The Bertz CT molecular complexity index is 1230. The summed E-state index contributed by atoms with van der Waals surface area (Å²) in [5.41, 5.74) is 2.03. The van der Waals surface area contributed by atoms with Crippen molar-refractivity contribution < 1.29 is 18.7 Å². The largest absolute Gasteiger partial charge is 0.495 e. The number of hydrogen-bond acceptors (Lipinski definition) is 4. The van der Waals surface area contributed by atoms with Gasteiger partial charge in [-0.1, -0.05) is 45.0 Å². The van der Waals surface area contributed by atoms with Crippen molar-refractivity contribution in [3.05, 3.63) is 75.9 Å². The molecule has 3 aromatic rings. The van der Waals surface area contributed by atoms with E-state index in [1.54, 1.807) is 25.3 Å². The number of methoxy groups -OCH3 is 1. The Morgan fingerprint density at radius 2 is 1.74 bits per heavy atom. The van der Waals surface area contributed by atoms with Gasteiger partial charge in [0.25, 0.3) is 11.8 Å². The number of ether oxygens (including phenoxy) is 1. The highest BCUT2D eigenvalue weighted by Gasteiger charge is 2.34. The maximum atomic E-state index is 14.2. The molecule has 1 heterocycles. The summed E-state index contributed by atoms with van der Waals surface area (Å²) in [6.07, 6.45) is 2.55. The van der Waals surface area contributed by atoms with Crippen molar-refractivity contribution >= 4 is 33.8 Å². The predicted molar refractivity (Wildman–Crippen MR) is 135 cm³/mol. The molecule has 5 nitrogen and oxygen atoms in total. The molecule has 7 heteroatoms. The van der Waals surface area contributed by atoms with Crippen LogP contribution in [0.5, 0.6) is 5.75 Å². The molecule has 1 aliphatic rings. The molecule has 0 radical (unpaired) electrons. The van der Waals surface area contributed by atoms with Gasteiger partial charge in [-0.3, -0.25) is 9.59 Å². The molecule has 1 aliphatic carbocycles. The molecule has 2 amide bonds. The van der Waals surface area contributed by atoms with Gasteiger partial charge in [0.15, 0.2) is 0 Å². The maximum absolute atomic E-state index is 14.2. The summed E-state index contributed by atoms with van der Waals surface area (Å²) in [7, 11) is 1.55. The zero-order valence-electron chi connectivity index (χ0n) is 19.8. The first-order chi connectivity index (χ1) is 16.2. The summed E-state index contributed by atoms with van der Waals surface area (Å²) in [5, 5.41) is 6.20. The van der Waals surface area contributed by atoms with E-state index in [2.05, 4.69) is 31.4 Å². The third-order valence-corrected chi connectivity index (χ3v) is 7.59. The molecule has 0 saturated carbocycles. The van der Waals surface area contributed by atoms with Crippen LogP contribution in [-0.4, -0.2) is 18.9 Å². The average Bonchev–Trinajstić information content (AvgIpc) is 3.16. The lowest BCUT2D eigenvalue weighted by atomic mass is 9.72. The molecule has 0 unspecified atom stereocenters. The van der Waals surface area contributed by atoms with E-state index >= 15 is 0 Å². The second-order valence-electron chi connectivity index (χ2n) is 9.60. The summed E-state index contributed by atoms with van der Waals surface area (Å²) >= 11 is 1.41. The minimum absolute atomic E-state index is 0.0578. The number of rotatable bonds is 5. The molecule has 0 spiro atoms. The van der Waals surface area contributed by atoms with Crippen LogP contribution in [-0.2, 0) is 12.8 Å². The van der Waals surface area contributed by atoms with Gasteiger partial charge in [0.2, 0.25) is 0 Å². The number of carbonyl (C=O) groups excluding carboxylic acids is 2. The average molecular weight is 481 g/mol. The minimum Gasteiger partial charge on any atom is -0.495 e. The Morgan fingerprint density at radius 3 is 2.44 bits per heavy atom. The number of thiophene rings is 1. The number of para-hydroxylation sites is 2. The first kappa shape index (κ1) is 24.0. The van der Waals surface area contributed by atoms with Gasteiger partial charge < -0.3 is 15.4 Å². The zero-order chi connectivity index (χ0) is 24.5. The van der Waals surface area contributed by atoms with E-state index in [4.69, 9.17) is 4.74 Å². The molecule has 0 aliphatic heterocycles. The van der Waals surface area contributed by atoms with E-state index < -0.39 is 11.7 Å². The lowest BCUT2D eigenvalue weighted by Crippen LogP contribution is -2.27. The van der Waals surface area contributed by atoms with Crippen LogP contribution in [0, 0.1) is 17.2 Å². The summed E-state index contributed by atoms with van der Waals surface area (Å²) in [4.78, 5) is 27.5. The van der Waals surface area contributed by atoms with Crippen molar-refractivity contribution in [3.8, 4) is 5.75 Å². The summed E-state index contributed by atoms with van der Waals surface area (Å²) in [6, 6.07) is 13.0. The molecule has 4 rings (SSSR count). The van der Waals surface area contributed by atoms with Crippen LogP contribution in [0.25, 0.3) is 0 Å². The highest BCUT2D eigenvalue weighted by molar-refractivity contribution is 7.17. The van der Waals surface area contributed by atoms with Gasteiger partial charge in [0.1, 0.15) is 16.6 Å². The molecule has 2 N–H and O–H groups in total. The molecule has 178 valence electrons.